The molecule has 1 aliphatic rings. The van der Waals surface area contributed by atoms with Crippen LogP contribution in [0.2, 0.25) is 0 Å². The zero-order valence-corrected chi connectivity index (χ0v) is 14.4. The minimum atomic E-state index is 0.321. The van der Waals surface area contributed by atoms with E-state index in [2.05, 4.69) is 56.3 Å². The molecule has 1 saturated heterocycles. The zero-order valence-electron chi connectivity index (χ0n) is 14.4. The predicted octanol–water partition coefficient (Wildman–Crippen LogP) is 2.03. The van der Waals surface area contributed by atoms with Crippen LogP contribution in [-0.2, 0) is 0 Å². The van der Waals surface area contributed by atoms with E-state index >= 15 is 0 Å². The van der Waals surface area contributed by atoms with E-state index in [9.17, 15) is 0 Å². The first-order chi connectivity index (χ1) is 11.7. The fourth-order valence-electron chi connectivity index (χ4n) is 2.75. The summed E-state index contributed by atoms with van der Waals surface area (Å²) in [4.78, 5) is 9.10. The Morgan fingerprint density at radius 1 is 1.04 bits per heavy atom. The number of rotatable bonds is 5. The molecule has 1 aliphatic heterocycles. The van der Waals surface area contributed by atoms with Gasteiger partial charge in [-0.15, -0.1) is 5.10 Å². The topological polar surface area (TPSA) is 66.4 Å². The van der Waals surface area contributed by atoms with Crippen molar-refractivity contribution in [2.75, 3.05) is 48.4 Å². The molecule has 0 aliphatic carbocycles. The quantitative estimate of drug-likeness (QED) is 0.901. The van der Waals surface area contributed by atoms with E-state index in [4.69, 9.17) is 4.74 Å². The molecule has 3 rings (SSSR count). The number of aromatic nitrogens is 3. The van der Waals surface area contributed by atoms with Crippen LogP contribution in [0.1, 0.15) is 13.8 Å². The second-order valence-electron chi connectivity index (χ2n) is 6.11. The minimum absolute atomic E-state index is 0.321. The van der Waals surface area contributed by atoms with Crippen molar-refractivity contribution in [1.29, 1.82) is 0 Å². The van der Waals surface area contributed by atoms with Gasteiger partial charge in [-0.1, -0.05) is 0 Å². The number of nitrogens with zero attached hydrogens (tertiary/aromatic N) is 5. The minimum Gasteiger partial charge on any atom is -0.497 e. The van der Waals surface area contributed by atoms with E-state index in [0.717, 1.165) is 37.7 Å². The molecule has 7 nitrogen and oxygen atoms in total. The third-order valence-electron chi connectivity index (χ3n) is 3.98. The van der Waals surface area contributed by atoms with Crippen LogP contribution in [0, 0.1) is 0 Å². The molecule has 0 spiro atoms. The third kappa shape index (κ3) is 3.84. The molecule has 1 aromatic heterocycles. The SMILES string of the molecule is COc1ccc(N2CCN(c3nncc(NC(C)C)n3)CC2)cc1. The predicted molar refractivity (Wildman–Crippen MR) is 96.0 cm³/mol. The van der Waals surface area contributed by atoms with Gasteiger partial charge in [-0.25, -0.2) is 0 Å². The van der Waals surface area contributed by atoms with Gasteiger partial charge in [-0.05, 0) is 38.1 Å². The van der Waals surface area contributed by atoms with E-state index in [1.807, 2.05) is 12.1 Å². The van der Waals surface area contributed by atoms with Crippen molar-refractivity contribution < 1.29 is 4.74 Å². The second-order valence-corrected chi connectivity index (χ2v) is 6.11. The number of hydrogen-bond donors (Lipinski definition) is 1. The van der Waals surface area contributed by atoms with E-state index in [1.54, 1.807) is 13.3 Å². The van der Waals surface area contributed by atoms with Gasteiger partial charge in [0, 0.05) is 37.9 Å². The van der Waals surface area contributed by atoms with Crippen LogP contribution in [0.3, 0.4) is 0 Å². The Bertz CT molecular complexity index is 652. The highest BCUT2D eigenvalue weighted by atomic mass is 16.5. The van der Waals surface area contributed by atoms with Crippen molar-refractivity contribution in [1.82, 2.24) is 15.2 Å². The number of benzene rings is 1. The maximum absolute atomic E-state index is 5.21. The highest BCUT2D eigenvalue weighted by Gasteiger charge is 2.20. The number of piperazine rings is 1. The Labute approximate surface area is 142 Å². The lowest BCUT2D eigenvalue weighted by Crippen LogP contribution is -2.47. The van der Waals surface area contributed by atoms with Crippen LogP contribution in [-0.4, -0.2) is 54.5 Å². The molecule has 1 aromatic carbocycles. The molecule has 2 aromatic rings. The van der Waals surface area contributed by atoms with Crippen molar-refractivity contribution in [3.8, 4) is 5.75 Å². The summed E-state index contributed by atoms with van der Waals surface area (Å²) in [6, 6.07) is 8.51. The smallest absolute Gasteiger partial charge is 0.247 e. The highest BCUT2D eigenvalue weighted by Crippen LogP contribution is 2.21. The fraction of sp³-hybridized carbons (Fsp3) is 0.471. The maximum atomic E-state index is 5.21. The fourth-order valence-corrected chi connectivity index (χ4v) is 2.75. The van der Waals surface area contributed by atoms with Crippen LogP contribution in [0.5, 0.6) is 5.75 Å². The monoisotopic (exact) mass is 328 g/mol. The summed E-state index contributed by atoms with van der Waals surface area (Å²) in [5, 5.41) is 11.5. The van der Waals surface area contributed by atoms with E-state index < -0.39 is 0 Å². The molecular formula is C17H24N6O. The summed E-state index contributed by atoms with van der Waals surface area (Å²) in [5.41, 5.74) is 1.21. The van der Waals surface area contributed by atoms with Gasteiger partial charge in [0.1, 0.15) is 5.75 Å². The standard InChI is InChI=1S/C17H24N6O/c1-13(2)19-16-12-18-21-17(20-16)23-10-8-22(9-11-23)14-4-6-15(24-3)7-5-14/h4-7,12-13H,8-11H2,1-3H3,(H,19,20,21). The number of nitrogens with one attached hydrogen (secondary N) is 1. The van der Waals surface area contributed by atoms with Crippen molar-refractivity contribution in [3.05, 3.63) is 30.5 Å². The zero-order chi connectivity index (χ0) is 16.9. The molecule has 2 heterocycles. The largest absolute Gasteiger partial charge is 0.497 e. The van der Waals surface area contributed by atoms with E-state index in [-0.39, 0.29) is 0 Å². The van der Waals surface area contributed by atoms with Gasteiger partial charge in [-0.3, -0.25) is 0 Å². The molecule has 1 N–H and O–H groups in total. The summed E-state index contributed by atoms with van der Waals surface area (Å²) in [6.45, 7) is 7.76. The van der Waals surface area contributed by atoms with Crippen molar-refractivity contribution in [2.24, 2.45) is 0 Å². The van der Waals surface area contributed by atoms with Crippen LogP contribution >= 0.6 is 0 Å². The van der Waals surface area contributed by atoms with Gasteiger partial charge in [0.2, 0.25) is 5.95 Å². The number of methoxy groups -OCH3 is 1. The number of anilines is 3. The summed E-state index contributed by atoms with van der Waals surface area (Å²) in [6.07, 6.45) is 1.66. The molecule has 7 heteroatoms. The average Bonchev–Trinajstić information content (AvgIpc) is 2.62. The van der Waals surface area contributed by atoms with Crippen molar-refractivity contribution in [2.45, 2.75) is 19.9 Å². The molecule has 1 fully saturated rings. The van der Waals surface area contributed by atoms with Gasteiger partial charge in [-0.2, -0.15) is 10.1 Å². The Kier molecular flexibility index (Phi) is 4.98. The van der Waals surface area contributed by atoms with Gasteiger partial charge < -0.3 is 19.9 Å². The molecule has 24 heavy (non-hydrogen) atoms. The van der Waals surface area contributed by atoms with Crippen molar-refractivity contribution >= 4 is 17.5 Å². The van der Waals surface area contributed by atoms with E-state index in [0.29, 0.717) is 12.0 Å². The molecular weight excluding hydrogens is 304 g/mol. The molecule has 0 radical (unpaired) electrons. The molecule has 0 bridgehead atoms. The van der Waals surface area contributed by atoms with Crippen LogP contribution in [0.15, 0.2) is 30.5 Å². The first-order valence-electron chi connectivity index (χ1n) is 8.26. The van der Waals surface area contributed by atoms with Gasteiger partial charge in [0.15, 0.2) is 5.82 Å². The molecule has 0 atom stereocenters. The molecule has 0 unspecified atom stereocenters. The number of ether oxygens (including phenoxy) is 1. The Morgan fingerprint density at radius 3 is 2.33 bits per heavy atom. The summed E-state index contributed by atoms with van der Waals surface area (Å²) in [7, 11) is 1.68. The van der Waals surface area contributed by atoms with Gasteiger partial charge >= 0.3 is 0 Å². The Morgan fingerprint density at radius 2 is 1.71 bits per heavy atom. The highest BCUT2D eigenvalue weighted by molar-refractivity contribution is 5.51. The van der Waals surface area contributed by atoms with Crippen LogP contribution in [0.4, 0.5) is 17.5 Å². The number of hydrogen-bond acceptors (Lipinski definition) is 7. The summed E-state index contributed by atoms with van der Waals surface area (Å²) < 4.78 is 5.21. The maximum Gasteiger partial charge on any atom is 0.247 e. The molecule has 128 valence electrons. The molecule has 0 saturated carbocycles. The normalized spacial score (nSPS) is 14.8. The summed E-state index contributed by atoms with van der Waals surface area (Å²) in [5.74, 6) is 2.34. The summed E-state index contributed by atoms with van der Waals surface area (Å²) >= 11 is 0. The Hall–Kier alpha value is -2.57. The lowest BCUT2D eigenvalue weighted by Gasteiger charge is -2.36. The average molecular weight is 328 g/mol. The van der Waals surface area contributed by atoms with Crippen LogP contribution in [0.25, 0.3) is 0 Å². The van der Waals surface area contributed by atoms with Gasteiger partial charge in [0.05, 0.1) is 13.3 Å². The van der Waals surface area contributed by atoms with Gasteiger partial charge in [0.25, 0.3) is 0 Å². The van der Waals surface area contributed by atoms with Crippen molar-refractivity contribution in [3.63, 3.8) is 0 Å². The first-order valence-corrected chi connectivity index (χ1v) is 8.26. The second kappa shape index (κ2) is 7.33. The lowest BCUT2D eigenvalue weighted by molar-refractivity contribution is 0.415. The third-order valence-corrected chi connectivity index (χ3v) is 3.98. The first kappa shape index (κ1) is 16.3. The lowest BCUT2D eigenvalue weighted by atomic mass is 10.2. The van der Waals surface area contributed by atoms with Crippen LogP contribution < -0.4 is 19.9 Å². The Balaban J connectivity index is 1.62. The molecule has 0 amide bonds. The van der Waals surface area contributed by atoms with E-state index in [1.165, 1.54) is 5.69 Å².